The van der Waals surface area contributed by atoms with Crippen molar-refractivity contribution < 1.29 is 23.9 Å². The van der Waals surface area contributed by atoms with Crippen molar-refractivity contribution in [2.75, 3.05) is 38.3 Å². The molecule has 1 amide bonds. The van der Waals surface area contributed by atoms with E-state index in [0.717, 1.165) is 87.7 Å². The summed E-state index contributed by atoms with van der Waals surface area (Å²) >= 11 is 19.7. The number of hydrogen-bond donors (Lipinski definition) is 0. The lowest BCUT2D eigenvalue weighted by molar-refractivity contribution is 0.0989. The zero-order valence-corrected chi connectivity index (χ0v) is 47.7. The van der Waals surface area contributed by atoms with Gasteiger partial charge in [0.2, 0.25) is 0 Å². The van der Waals surface area contributed by atoms with Crippen molar-refractivity contribution in [3.8, 4) is 22.6 Å². The molecule has 13 rings (SSSR count). The summed E-state index contributed by atoms with van der Waals surface area (Å²) in [6, 6.07) is 49.8. The van der Waals surface area contributed by atoms with Crippen molar-refractivity contribution in [1.29, 1.82) is 0 Å². The Labute approximate surface area is 485 Å². The predicted molar refractivity (Wildman–Crippen MR) is 331 cm³/mol. The molecule has 404 valence electrons. The highest BCUT2D eigenvalue weighted by atomic mass is 35.5. The number of azo groups is 2. The number of hydrogen-bond acceptors (Lipinski definition) is 10. The number of ether oxygens (including phenoxy) is 2. The fourth-order valence-electron chi connectivity index (χ4n) is 11.7. The third-order valence-electron chi connectivity index (χ3n) is 15.6. The molecule has 12 aromatic rings. The van der Waals surface area contributed by atoms with E-state index in [4.69, 9.17) is 69.6 Å². The molecule has 0 atom stereocenters. The van der Waals surface area contributed by atoms with Gasteiger partial charge in [0.25, 0.3) is 5.91 Å². The van der Waals surface area contributed by atoms with Crippen LogP contribution in [0.1, 0.15) is 37.4 Å². The molecule has 2 heterocycles. The molecule has 1 aliphatic carbocycles. The van der Waals surface area contributed by atoms with Gasteiger partial charge in [0.15, 0.2) is 17.3 Å². The first-order valence-electron chi connectivity index (χ1n) is 26.3. The van der Waals surface area contributed by atoms with Crippen LogP contribution in [0.4, 0.5) is 34.1 Å². The van der Waals surface area contributed by atoms with Crippen LogP contribution in [0.2, 0.25) is 15.1 Å². The normalized spacial score (nSPS) is 12.3. The zero-order chi connectivity index (χ0) is 56.8. The van der Waals surface area contributed by atoms with Crippen molar-refractivity contribution in [3.05, 3.63) is 201 Å². The summed E-state index contributed by atoms with van der Waals surface area (Å²) in [5.74, 6) is 0.137. The average Bonchev–Trinajstić information content (AvgIpc) is 4.27. The molecule has 1 aliphatic rings. The topological polar surface area (TPSA) is 128 Å². The van der Waals surface area contributed by atoms with Crippen LogP contribution in [0.25, 0.3) is 76.3 Å². The zero-order valence-electron chi connectivity index (χ0n) is 45.5. The number of fused-ring (bicyclic) bond motifs is 13. The SMILES string of the molecule is COc1c(CON(C)c2cccc(C)c2)cc2ccc3c4cc(Cl)ccc4n(C)c3c2c1N=Nc1ccc2c(c1)C(=O)c1cc(N=Nc3c(OC)c(C(=O)N(C)c4ccccc4Cl)cc4ccc5c6cc(Cl)ccc6n(C)c5c34)ccc1-2. The fraction of sp³-hybridized carbons (Fsp3) is 0.121. The highest BCUT2D eigenvalue weighted by molar-refractivity contribution is 6.35. The highest BCUT2D eigenvalue weighted by Gasteiger charge is 2.30. The number of ketones is 1. The lowest BCUT2D eigenvalue weighted by atomic mass is 9.99. The van der Waals surface area contributed by atoms with Crippen LogP contribution >= 0.6 is 34.8 Å². The van der Waals surface area contributed by atoms with Gasteiger partial charge in [-0.2, -0.15) is 10.2 Å². The maximum atomic E-state index is 14.6. The lowest BCUT2D eigenvalue weighted by Crippen LogP contribution is -2.27. The van der Waals surface area contributed by atoms with Gasteiger partial charge >= 0.3 is 0 Å². The summed E-state index contributed by atoms with van der Waals surface area (Å²) in [6.45, 7) is 2.21. The van der Waals surface area contributed by atoms with E-state index in [0.29, 0.717) is 65.8 Å². The number of benzene rings is 10. The fourth-order valence-corrected chi connectivity index (χ4v) is 12.3. The molecule has 13 nitrogen and oxygen atoms in total. The van der Waals surface area contributed by atoms with Crippen LogP contribution in [-0.4, -0.2) is 49.1 Å². The Bertz CT molecular complexity index is 4800. The van der Waals surface area contributed by atoms with Crippen LogP contribution in [-0.2, 0) is 25.5 Å². The second-order valence-corrected chi connectivity index (χ2v) is 21.7. The summed E-state index contributed by atoms with van der Waals surface area (Å²) in [5.41, 5.74) is 11.4. The number of carbonyl (C=O) groups is 2. The van der Waals surface area contributed by atoms with Crippen LogP contribution in [0.3, 0.4) is 0 Å². The molecule has 0 saturated carbocycles. The minimum absolute atomic E-state index is 0.171. The van der Waals surface area contributed by atoms with Crippen LogP contribution in [0.15, 0.2) is 178 Å². The molecule has 0 spiro atoms. The number of halogens is 3. The molecule has 0 N–H and O–H groups in total. The van der Waals surface area contributed by atoms with Crippen molar-refractivity contribution in [3.63, 3.8) is 0 Å². The van der Waals surface area contributed by atoms with Gasteiger partial charge in [-0.25, -0.2) is 0 Å². The molecule has 2 aromatic heterocycles. The Kier molecular flexibility index (Phi) is 13.0. The molecule has 0 radical (unpaired) electrons. The van der Waals surface area contributed by atoms with E-state index in [2.05, 4.69) is 33.4 Å². The second kappa shape index (κ2) is 20.5. The van der Waals surface area contributed by atoms with Crippen LogP contribution < -0.4 is 19.4 Å². The number of methoxy groups -OCH3 is 2. The number of para-hydroxylation sites is 1. The van der Waals surface area contributed by atoms with E-state index in [9.17, 15) is 9.59 Å². The van der Waals surface area contributed by atoms with Crippen LogP contribution in [0, 0.1) is 6.92 Å². The standard InChI is InChI=1S/C66H49Cl3N8O5/c1-35-11-10-12-43(27-35)77(5)82-34-38-28-36-15-21-46-48-30-39(67)17-25-54(48)74(2)61(46)57(36)59(64(38)80-6)72-70-41-19-23-44-45-24-20-42(33-51(45)63(78)50(44)32-41)71-73-60-58-37(16-22-47-49-31-40(68)18-26-55(49)75(3)62(47)58)29-52(65(60)81-7)66(79)76(4)56-14-9-8-13-53(56)69/h8-33H,34H2,1-7H3. The first-order chi connectivity index (χ1) is 39.7. The van der Waals surface area contributed by atoms with Crippen molar-refractivity contribution in [1.82, 2.24) is 9.13 Å². The Balaban J connectivity index is 0.883. The van der Waals surface area contributed by atoms with Crippen LogP contribution in [0.5, 0.6) is 11.5 Å². The summed E-state index contributed by atoms with van der Waals surface area (Å²) in [5, 5.41) is 30.0. The van der Waals surface area contributed by atoms with Gasteiger partial charge in [-0.05, 0) is 131 Å². The monoisotopic (exact) mass is 1140 g/mol. The Hall–Kier alpha value is -9.11. The van der Waals surface area contributed by atoms with Gasteiger partial charge in [0.1, 0.15) is 18.0 Å². The minimum atomic E-state index is -0.368. The maximum absolute atomic E-state index is 14.6. The third-order valence-corrected chi connectivity index (χ3v) is 16.4. The molecule has 0 aliphatic heterocycles. The van der Waals surface area contributed by atoms with Gasteiger partial charge < -0.3 is 23.5 Å². The molecule has 10 aromatic carbocycles. The molecule has 82 heavy (non-hydrogen) atoms. The Morgan fingerprint density at radius 1 is 0.561 bits per heavy atom. The Morgan fingerprint density at radius 2 is 1.12 bits per heavy atom. The minimum Gasteiger partial charge on any atom is -0.494 e. The maximum Gasteiger partial charge on any atom is 0.261 e. The summed E-state index contributed by atoms with van der Waals surface area (Å²) in [4.78, 5) is 37.1. The van der Waals surface area contributed by atoms with E-state index in [-0.39, 0.29) is 29.6 Å². The quantitative estimate of drug-likeness (QED) is 0.0885. The number of rotatable bonds is 12. The van der Waals surface area contributed by atoms with Gasteiger partial charge in [-0.15, -0.1) is 10.2 Å². The first kappa shape index (κ1) is 52.3. The average molecular weight is 1140 g/mol. The molecule has 0 unspecified atom stereocenters. The number of carbonyl (C=O) groups excluding carboxylic acids is 2. The molecule has 0 bridgehead atoms. The molecule has 16 heteroatoms. The number of aromatic nitrogens is 2. The largest absolute Gasteiger partial charge is 0.494 e. The van der Waals surface area contributed by atoms with E-state index in [1.807, 2.05) is 137 Å². The Morgan fingerprint density at radius 3 is 1.68 bits per heavy atom. The van der Waals surface area contributed by atoms with Crippen molar-refractivity contribution in [2.45, 2.75) is 13.5 Å². The number of hydroxylamine groups is 1. The number of amides is 1. The highest BCUT2D eigenvalue weighted by Crippen LogP contribution is 2.49. The molecular formula is C66H49Cl3N8O5. The summed E-state index contributed by atoms with van der Waals surface area (Å²) < 4.78 is 16.6. The van der Waals surface area contributed by atoms with Crippen molar-refractivity contribution >= 4 is 146 Å². The number of anilines is 2. The second-order valence-electron chi connectivity index (χ2n) is 20.4. The number of nitrogens with zero attached hydrogens (tertiary/aromatic N) is 8. The third kappa shape index (κ3) is 8.58. The van der Waals surface area contributed by atoms with Gasteiger partial charge in [-0.3, -0.25) is 19.5 Å². The first-order valence-corrected chi connectivity index (χ1v) is 27.4. The van der Waals surface area contributed by atoms with E-state index in [1.165, 1.54) is 12.0 Å². The summed E-state index contributed by atoms with van der Waals surface area (Å²) in [7, 11) is 10.7. The smallest absolute Gasteiger partial charge is 0.261 e. The van der Waals surface area contributed by atoms with Gasteiger partial charge in [-0.1, -0.05) is 95.5 Å². The molecule has 0 fully saturated rings. The van der Waals surface area contributed by atoms with Gasteiger partial charge in [0.05, 0.1) is 58.6 Å². The molecular weight excluding hydrogens is 1090 g/mol. The number of aryl methyl sites for hydroxylation is 3. The predicted octanol–water partition coefficient (Wildman–Crippen LogP) is 18.5. The van der Waals surface area contributed by atoms with Gasteiger partial charge in [0, 0.05) is 98.3 Å². The van der Waals surface area contributed by atoms with Crippen molar-refractivity contribution in [2.24, 2.45) is 34.6 Å². The van der Waals surface area contributed by atoms with E-state index < -0.39 is 0 Å². The lowest BCUT2D eigenvalue weighted by Gasteiger charge is -2.21. The van der Waals surface area contributed by atoms with E-state index >= 15 is 0 Å². The van der Waals surface area contributed by atoms with E-state index in [1.54, 1.807) is 43.5 Å². The molecule has 0 saturated heterocycles. The summed E-state index contributed by atoms with van der Waals surface area (Å²) in [6.07, 6.45) is 0.